The van der Waals surface area contributed by atoms with E-state index in [0.29, 0.717) is 6.04 Å². The van der Waals surface area contributed by atoms with E-state index in [9.17, 15) is 0 Å². The van der Waals surface area contributed by atoms with Crippen LogP contribution in [0.3, 0.4) is 0 Å². The van der Waals surface area contributed by atoms with Crippen molar-refractivity contribution < 1.29 is 0 Å². The van der Waals surface area contributed by atoms with Gasteiger partial charge in [-0.2, -0.15) is 0 Å². The maximum atomic E-state index is 6.73. The fourth-order valence-electron chi connectivity index (χ4n) is 3.46. The van der Waals surface area contributed by atoms with Gasteiger partial charge in [-0.1, -0.05) is 50.1 Å². The zero-order valence-electron chi connectivity index (χ0n) is 12.4. The van der Waals surface area contributed by atoms with Crippen molar-refractivity contribution in [2.45, 2.75) is 57.5 Å². The highest BCUT2D eigenvalue weighted by molar-refractivity contribution is 5.25. The van der Waals surface area contributed by atoms with Crippen molar-refractivity contribution in [2.24, 2.45) is 5.73 Å². The van der Waals surface area contributed by atoms with Crippen molar-refractivity contribution in [1.82, 2.24) is 4.90 Å². The number of hydrogen-bond acceptors (Lipinski definition) is 2. The molecule has 0 amide bonds. The van der Waals surface area contributed by atoms with Crippen molar-refractivity contribution in [1.29, 1.82) is 0 Å². The molecule has 0 saturated carbocycles. The summed E-state index contributed by atoms with van der Waals surface area (Å²) >= 11 is 0. The zero-order valence-corrected chi connectivity index (χ0v) is 12.4. The third kappa shape index (κ3) is 3.37. The van der Waals surface area contributed by atoms with Gasteiger partial charge in [0, 0.05) is 6.04 Å². The molecule has 1 aromatic rings. The molecule has 2 rings (SSSR count). The van der Waals surface area contributed by atoms with E-state index in [2.05, 4.69) is 49.1 Å². The molecule has 2 nitrogen and oxygen atoms in total. The van der Waals surface area contributed by atoms with Crippen molar-refractivity contribution in [3.05, 3.63) is 35.9 Å². The molecule has 2 N–H and O–H groups in total. The number of rotatable bonds is 4. The van der Waals surface area contributed by atoms with Crippen LogP contribution in [0, 0.1) is 0 Å². The molecule has 0 bridgehead atoms. The van der Waals surface area contributed by atoms with Crippen molar-refractivity contribution in [2.75, 3.05) is 13.1 Å². The lowest BCUT2D eigenvalue weighted by molar-refractivity contribution is 0.126. The van der Waals surface area contributed by atoms with Crippen molar-refractivity contribution >= 4 is 0 Å². The van der Waals surface area contributed by atoms with Crippen LogP contribution in [-0.2, 0) is 5.54 Å². The monoisotopic (exact) mass is 260 g/mol. The molecule has 1 saturated heterocycles. The van der Waals surface area contributed by atoms with Crippen LogP contribution in [-0.4, -0.2) is 24.0 Å². The Hall–Kier alpha value is -0.860. The van der Waals surface area contributed by atoms with Gasteiger partial charge in [-0.25, -0.2) is 0 Å². The van der Waals surface area contributed by atoms with E-state index in [4.69, 9.17) is 5.73 Å². The van der Waals surface area contributed by atoms with Crippen LogP contribution >= 0.6 is 0 Å². The third-order valence-corrected chi connectivity index (χ3v) is 4.56. The smallest absolute Gasteiger partial charge is 0.0538 e. The lowest BCUT2D eigenvalue weighted by atomic mass is 9.83. The number of likely N-dealkylation sites (tertiary alicyclic amines) is 1. The summed E-state index contributed by atoms with van der Waals surface area (Å²) < 4.78 is 0. The summed E-state index contributed by atoms with van der Waals surface area (Å²) in [5, 5.41) is 0. The van der Waals surface area contributed by atoms with Gasteiger partial charge in [0.15, 0.2) is 0 Å². The molecule has 2 heteroatoms. The molecule has 2 atom stereocenters. The van der Waals surface area contributed by atoms with Crippen molar-refractivity contribution in [3.8, 4) is 0 Å². The Morgan fingerprint density at radius 2 is 1.68 bits per heavy atom. The topological polar surface area (TPSA) is 29.3 Å². The van der Waals surface area contributed by atoms with E-state index in [1.807, 2.05) is 0 Å². The van der Waals surface area contributed by atoms with Crippen LogP contribution in [0.1, 0.15) is 51.5 Å². The second kappa shape index (κ2) is 6.53. The van der Waals surface area contributed by atoms with Crippen LogP contribution in [0.15, 0.2) is 30.3 Å². The Bertz CT molecular complexity index is 364. The molecule has 1 heterocycles. The fraction of sp³-hybridized carbons (Fsp3) is 0.647. The highest BCUT2D eigenvalue weighted by Crippen LogP contribution is 2.29. The molecule has 1 fully saturated rings. The molecule has 106 valence electrons. The molecule has 19 heavy (non-hydrogen) atoms. The van der Waals surface area contributed by atoms with E-state index in [1.54, 1.807) is 0 Å². The molecule has 0 spiro atoms. The van der Waals surface area contributed by atoms with Crippen molar-refractivity contribution in [3.63, 3.8) is 0 Å². The first-order valence-corrected chi connectivity index (χ1v) is 7.74. The summed E-state index contributed by atoms with van der Waals surface area (Å²) in [5.74, 6) is 0. The summed E-state index contributed by atoms with van der Waals surface area (Å²) in [6, 6.07) is 11.0. The Balaban J connectivity index is 2.19. The van der Waals surface area contributed by atoms with Gasteiger partial charge in [-0.15, -0.1) is 0 Å². The highest BCUT2D eigenvalue weighted by atomic mass is 15.2. The predicted molar refractivity (Wildman–Crippen MR) is 82.1 cm³/mol. The molecule has 1 aromatic carbocycles. The summed E-state index contributed by atoms with van der Waals surface area (Å²) in [6.45, 7) is 6.88. The quantitative estimate of drug-likeness (QED) is 0.897. The molecule has 1 aliphatic heterocycles. The normalized spacial score (nSPS) is 22.5. The van der Waals surface area contributed by atoms with Gasteiger partial charge in [0.05, 0.1) is 5.54 Å². The van der Waals surface area contributed by atoms with Gasteiger partial charge in [0.2, 0.25) is 0 Å². The highest BCUT2D eigenvalue weighted by Gasteiger charge is 2.34. The van der Waals surface area contributed by atoms with Crippen LogP contribution in [0.25, 0.3) is 0 Å². The van der Waals surface area contributed by atoms with Gasteiger partial charge < -0.3 is 5.73 Å². The predicted octanol–water partition coefficient (Wildman–Crippen LogP) is 3.52. The first-order chi connectivity index (χ1) is 9.16. The minimum absolute atomic E-state index is 0.264. The van der Waals surface area contributed by atoms with E-state index in [0.717, 1.165) is 6.42 Å². The van der Waals surface area contributed by atoms with E-state index >= 15 is 0 Å². The zero-order chi connectivity index (χ0) is 13.7. The van der Waals surface area contributed by atoms with E-state index < -0.39 is 0 Å². The maximum Gasteiger partial charge on any atom is 0.0538 e. The molecular weight excluding hydrogens is 232 g/mol. The summed E-state index contributed by atoms with van der Waals surface area (Å²) in [5.41, 5.74) is 7.73. The first kappa shape index (κ1) is 14.5. The minimum Gasteiger partial charge on any atom is -0.320 e. The summed E-state index contributed by atoms with van der Waals surface area (Å²) in [4.78, 5) is 2.62. The lowest BCUT2D eigenvalue weighted by Crippen LogP contribution is -2.54. The van der Waals surface area contributed by atoms with Crippen LogP contribution in [0.5, 0.6) is 0 Å². The van der Waals surface area contributed by atoms with E-state index in [1.165, 1.54) is 44.3 Å². The van der Waals surface area contributed by atoms with Crippen LogP contribution in [0.2, 0.25) is 0 Å². The Morgan fingerprint density at radius 3 is 2.21 bits per heavy atom. The minimum atomic E-state index is -0.264. The summed E-state index contributed by atoms with van der Waals surface area (Å²) in [6.07, 6.45) is 6.50. The third-order valence-electron chi connectivity index (χ3n) is 4.56. The van der Waals surface area contributed by atoms with Crippen LogP contribution in [0.4, 0.5) is 0 Å². The molecule has 0 aliphatic carbocycles. The Morgan fingerprint density at radius 1 is 1.11 bits per heavy atom. The number of nitrogens with zero attached hydrogens (tertiary/aromatic N) is 1. The maximum absolute atomic E-state index is 6.73. The Kier molecular flexibility index (Phi) is 5.00. The second-order valence-corrected chi connectivity index (χ2v) is 6.02. The van der Waals surface area contributed by atoms with Gasteiger partial charge in [0.25, 0.3) is 0 Å². The second-order valence-electron chi connectivity index (χ2n) is 6.02. The standard InChI is InChI=1S/C17H28N2/c1-3-16(19-13-9-4-5-10-14-19)17(2,18)15-11-7-6-8-12-15/h6-8,11-12,16H,3-5,9-10,13-14,18H2,1-2H3. The molecule has 2 unspecified atom stereocenters. The number of benzene rings is 1. The Labute approximate surface area is 118 Å². The number of hydrogen-bond donors (Lipinski definition) is 1. The van der Waals surface area contributed by atoms with Gasteiger partial charge in [-0.3, -0.25) is 4.90 Å². The molecular formula is C17H28N2. The average Bonchev–Trinajstić information content (AvgIpc) is 2.69. The fourth-order valence-corrected chi connectivity index (χ4v) is 3.46. The SMILES string of the molecule is CCC(N1CCCCCC1)C(C)(N)c1ccccc1. The van der Waals surface area contributed by atoms with Crippen LogP contribution < -0.4 is 5.73 Å². The molecule has 0 radical (unpaired) electrons. The first-order valence-electron chi connectivity index (χ1n) is 7.74. The van der Waals surface area contributed by atoms with Gasteiger partial charge >= 0.3 is 0 Å². The molecule has 0 aromatic heterocycles. The van der Waals surface area contributed by atoms with Gasteiger partial charge in [-0.05, 0) is 44.8 Å². The van der Waals surface area contributed by atoms with E-state index in [-0.39, 0.29) is 5.54 Å². The van der Waals surface area contributed by atoms with Gasteiger partial charge in [0.1, 0.15) is 0 Å². The lowest BCUT2D eigenvalue weighted by Gasteiger charge is -2.41. The summed E-state index contributed by atoms with van der Waals surface area (Å²) in [7, 11) is 0. The molecule has 1 aliphatic rings. The largest absolute Gasteiger partial charge is 0.320 e. The average molecular weight is 260 g/mol. The number of nitrogens with two attached hydrogens (primary N) is 1.